The first-order valence-corrected chi connectivity index (χ1v) is 7.33. The molecule has 0 bridgehead atoms. The monoisotopic (exact) mass is 302 g/mol. The van der Waals surface area contributed by atoms with Gasteiger partial charge in [0.15, 0.2) is 5.60 Å². The van der Waals surface area contributed by atoms with Crippen molar-refractivity contribution in [1.82, 2.24) is 10.3 Å². The molecule has 21 heavy (non-hydrogen) atoms. The summed E-state index contributed by atoms with van der Waals surface area (Å²) in [6.07, 6.45) is 4.71. The Hall–Kier alpha value is -1.78. The second kappa shape index (κ2) is 4.12. The van der Waals surface area contributed by atoms with E-state index in [-0.39, 0.29) is 12.0 Å². The number of halogens is 1. The Morgan fingerprint density at radius 2 is 2.29 bits per heavy atom. The number of benzene rings is 1. The lowest BCUT2D eigenvalue weighted by Crippen LogP contribution is -2.50. The van der Waals surface area contributed by atoms with Gasteiger partial charge in [-0.25, -0.2) is 4.79 Å². The van der Waals surface area contributed by atoms with Gasteiger partial charge in [-0.15, -0.1) is 0 Å². The minimum atomic E-state index is -0.742. The normalized spacial score (nSPS) is 27.3. The van der Waals surface area contributed by atoms with E-state index in [9.17, 15) is 4.79 Å². The quantitative estimate of drug-likeness (QED) is 0.796. The number of carbonyl (C=O) groups excluding carboxylic acids is 1. The number of rotatable bonds is 1. The fourth-order valence-corrected chi connectivity index (χ4v) is 3.81. The molecule has 1 aromatic heterocycles. The fraction of sp³-hybridized carbons (Fsp3) is 0.312. The van der Waals surface area contributed by atoms with Crippen molar-refractivity contribution in [1.29, 1.82) is 0 Å². The summed E-state index contributed by atoms with van der Waals surface area (Å²) < 4.78 is 5.81. The second-order valence-corrected chi connectivity index (χ2v) is 6.12. The number of esters is 1. The topological polar surface area (TPSA) is 54.1 Å². The molecule has 0 amide bonds. The van der Waals surface area contributed by atoms with Crippen LogP contribution in [-0.2, 0) is 21.6 Å². The van der Waals surface area contributed by atoms with Gasteiger partial charge in [0.2, 0.25) is 0 Å². The highest BCUT2D eigenvalue weighted by Gasteiger charge is 2.50. The van der Waals surface area contributed by atoms with E-state index in [2.05, 4.69) is 10.3 Å². The molecule has 1 aliphatic heterocycles. The number of hydrogen-bond acceptors (Lipinski definition) is 3. The summed E-state index contributed by atoms with van der Waals surface area (Å²) in [6, 6.07) is 3.83. The van der Waals surface area contributed by atoms with Crippen LogP contribution in [0.4, 0.5) is 0 Å². The Kier molecular flexibility index (Phi) is 2.53. The molecule has 2 heterocycles. The van der Waals surface area contributed by atoms with E-state index in [0.717, 1.165) is 22.9 Å². The molecule has 2 aliphatic rings. The molecule has 4 nitrogen and oxygen atoms in total. The van der Waals surface area contributed by atoms with Crippen molar-refractivity contribution < 1.29 is 9.53 Å². The van der Waals surface area contributed by atoms with Gasteiger partial charge in [0.25, 0.3) is 0 Å². The smallest absolute Gasteiger partial charge is 0.334 e. The standard InChI is InChI=1S/C16H15ClN2O2/c1-8-6-16(21-15(8)20)10-3-4-11(17)14-13(10)9(7-19-14)5-12(16)18-2/h3-4,6-7,12,18-19H,5H2,1-2H3. The number of ether oxygens (including phenoxy) is 1. The summed E-state index contributed by atoms with van der Waals surface area (Å²) in [7, 11) is 1.90. The van der Waals surface area contributed by atoms with Gasteiger partial charge in [0.1, 0.15) is 0 Å². The predicted octanol–water partition coefficient (Wildman–Crippen LogP) is 2.66. The van der Waals surface area contributed by atoms with Gasteiger partial charge in [-0.05, 0) is 38.1 Å². The molecule has 2 N–H and O–H groups in total. The summed E-state index contributed by atoms with van der Waals surface area (Å²) in [4.78, 5) is 15.2. The Bertz CT molecular complexity index is 808. The minimum absolute atomic E-state index is 0.00609. The highest BCUT2D eigenvalue weighted by molar-refractivity contribution is 6.35. The van der Waals surface area contributed by atoms with Gasteiger partial charge in [-0.2, -0.15) is 0 Å². The fourth-order valence-electron chi connectivity index (χ4n) is 3.59. The van der Waals surface area contributed by atoms with E-state index < -0.39 is 5.60 Å². The molecule has 0 fully saturated rings. The van der Waals surface area contributed by atoms with Crippen molar-refractivity contribution in [2.75, 3.05) is 7.05 Å². The van der Waals surface area contributed by atoms with Gasteiger partial charge in [-0.1, -0.05) is 17.7 Å². The molecular weight excluding hydrogens is 288 g/mol. The van der Waals surface area contributed by atoms with Gasteiger partial charge < -0.3 is 15.0 Å². The molecule has 2 aromatic rings. The van der Waals surface area contributed by atoms with Crippen LogP contribution in [0.25, 0.3) is 10.9 Å². The lowest BCUT2D eigenvalue weighted by atomic mass is 9.76. The average Bonchev–Trinajstić information content (AvgIpc) is 3.00. The number of fused-ring (bicyclic) bond motifs is 1. The zero-order chi connectivity index (χ0) is 14.8. The third kappa shape index (κ3) is 1.52. The van der Waals surface area contributed by atoms with Crippen LogP contribution in [0, 0.1) is 0 Å². The Morgan fingerprint density at radius 3 is 2.95 bits per heavy atom. The zero-order valence-corrected chi connectivity index (χ0v) is 12.5. The lowest BCUT2D eigenvalue weighted by molar-refractivity contribution is -0.149. The van der Waals surface area contributed by atoms with Crippen LogP contribution in [-0.4, -0.2) is 24.0 Å². The van der Waals surface area contributed by atoms with E-state index in [1.807, 2.05) is 31.5 Å². The van der Waals surface area contributed by atoms with Crippen molar-refractivity contribution in [2.24, 2.45) is 0 Å². The van der Waals surface area contributed by atoms with Crippen LogP contribution in [0.15, 0.2) is 30.0 Å². The Morgan fingerprint density at radius 1 is 1.48 bits per heavy atom. The van der Waals surface area contributed by atoms with Crippen LogP contribution >= 0.6 is 11.6 Å². The third-order valence-electron chi connectivity index (χ3n) is 4.59. The third-order valence-corrected chi connectivity index (χ3v) is 4.91. The van der Waals surface area contributed by atoms with Crippen LogP contribution < -0.4 is 5.32 Å². The molecule has 4 rings (SSSR count). The molecule has 1 aromatic carbocycles. The number of H-pyrrole nitrogens is 1. The number of aromatic nitrogens is 1. The maximum atomic E-state index is 12.0. The molecule has 2 atom stereocenters. The van der Waals surface area contributed by atoms with Gasteiger partial charge in [-0.3, -0.25) is 0 Å². The first kappa shape index (κ1) is 12.9. The average molecular weight is 303 g/mol. The van der Waals surface area contributed by atoms with E-state index in [4.69, 9.17) is 16.3 Å². The summed E-state index contributed by atoms with van der Waals surface area (Å²) in [6.45, 7) is 1.80. The van der Waals surface area contributed by atoms with Gasteiger partial charge >= 0.3 is 5.97 Å². The number of nitrogens with one attached hydrogen (secondary N) is 2. The molecule has 0 saturated carbocycles. The molecule has 1 aliphatic carbocycles. The number of hydrogen-bond donors (Lipinski definition) is 2. The Balaban J connectivity index is 2.07. The first-order chi connectivity index (χ1) is 10.1. The van der Waals surface area contributed by atoms with Crippen molar-refractivity contribution in [2.45, 2.75) is 25.0 Å². The highest BCUT2D eigenvalue weighted by atomic mass is 35.5. The summed E-state index contributed by atoms with van der Waals surface area (Å²) in [5.41, 5.74) is 3.01. The summed E-state index contributed by atoms with van der Waals surface area (Å²) in [5, 5.41) is 5.06. The Labute approximate surface area is 127 Å². The van der Waals surface area contributed by atoms with Crippen LogP contribution in [0.2, 0.25) is 5.02 Å². The van der Waals surface area contributed by atoms with Gasteiger partial charge in [0.05, 0.1) is 16.6 Å². The zero-order valence-electron chi connectivity index (χ0n) is 11.8. The molecule has 0 radical (unpaired) electrons. The number of likely N-dealkylation sites (N-methyl/N-ethyl adjacent to an activating group) is 1. The molecule has 2 unspecified atom stereocenters. The molecule has 1 spiro atoms. The maximum Gasteiger partial charge on any atom is 0.334 e. The predicted molar refractivity (Wildman–Crippen MR) is 81.4 cm³/mol. The number of carbonyl (C=O) groups is 1. The largest absolute Gasteiger partial charge is 0.445 e. The highest BCUT2D eigenvalue weighted by Crippen LogP contribution is 2.47. The van der Waals surface area contributed by atoms with Crippen molar-refractivity contribution in [3.8, 4) is 0 Å². The molecule has 0 saturated heterocycles. The minimum Gasteiger partial charge on any atom is -0.445 e. The maximum absolute atomic E-state index is 12.0. The molecule has 5 heteroatoms. The van der Waals surface area contributed by atoms with Gasteiger partial charge in [0, 0.05) is 22.7 Å². The van der Waals surface area contributed by atoms with E-state index in [1.165, 1.54) is 5.56 Å². The number of aromatic amines is 1. The van der Waals surface area contributed by atoms with E-state index >= 15 is 0 Å². The first-order valence-electron chi connectivity index (χ1n) is 6.96. The molecule has 108 valence electrons. The molecular formula is C16H15ClN2O2. The van der Waals surface area contributed by atoms with Crippen molar-refractivity contribution in [3.63, 3.8) is 0 Å². The van der Waals surface area contributed by atoms with E-state index in [0.29, 0.717) is 10.6 Å². The second-order valence-electron chi connectivity index (χ2n) is 5.71. The van der Waals surface area contributed by atoms with Crippen LogP contribution in [0.3, 0.4) is 0 Å². The van der Waals surface area contributed by atoms with Crippen LogP contribution in [0.1, 0.15) is 18.1 Å². The van der Waals surface area contributed by atoms with E-state index in [1.54, 1.807) is 6.92 Å². The van der Waals surface area contributed by atoms with Crippen molar-refractivity contribution in [3.05, 3.63) is 46.1 Å². The SMILES string of the molecule is CNC1Cc2c[nH]c3c(Cl)ccc(c23)C12C=C(C)C(=O)O2. The lowest BCUT2D eigenvalue weighted by Gasteiger charge is -2.39. The summed E-state index contributed by atoms with van der Waals surface area (Å²) in [5.74, 6) is -0.252. The van der Waals surface area contributed by atoms with Crippen molar-refractivity contribution >= 4 is 28.5 Å². The van der Waals surface area contributed by atoms with Crippen LogP contribution in [0.5, 0.6) is 0 Å². The summed E-state index contributed by atoms with van der Waals surface area (Å²) >= 11 is 6.28.